The normalized spacial score (nSPS) is 11.6. The van der Waals surface area contributed by atoms with E-state index in [-0.39, 0.29) is 0 Å². The van der Waals surface area contributed by atoms with Crippen LogP contribution in [0.3, 0.4) is 0 Å². The summed E-state index contributed by atoms with van der Waals surface area (Å²) in [5.74, 6) is 0.971. The molecule has 0 aliphatic rings. The number of rotatable bonds is 7. The van der Waals surface area contributed by atoms with E-state index >= 15 is 0 Å². The van der Waals surface area contributed by atoms with Gasteiger partial charge in [0, 0.05) is 141 Å². The lowest BCUT2D eigenvalue weighted by molar-refractivity contribution is -0.660. The number of hydrogen-bond donors (Lipinski definition) is 0. The van der Waals surface area contributed by atoms with Crippen molar-refractivity contribution in [3.05, 3.63) is 295 Å². The molecule has 15 heteroatoms. The molecule has 0 saturated carbocycles. The first kappa shape index (κ1) is 83.3. The summed E-state index contributed by atoms with van der Waals surface area (Å²) < 4.78 is 42.0. The first-order chi connectivity index (χ1) is 58.7. The zero-order valence-corrected chi connectivity index (χ0v) is 76.1. The summed E-state index contributed by atoms with van der Waals surface area (Å²) in [6, 6.07) is 55.9. The van der Waals surface area contributed by atoms with Crippen LogP contribution in [0.2, 0.25) is 0 Å². The van der Waals surface area contributed by atoms with Crippen LogP contribution < -0.4 is 22.8 Å². The van der Waals surface area contributed by atoms with Crippen LogP contribution in [0.4, 0.5) is 0 Å². The zero-order valence-electron chi connectivity index (χ0n) is 76.1. The van der Waals surface area contributed by atoms with Crippen molar-refractivity contribution < 1.29 is 44.9 Å². The van der Waals surface area contributed by atoms with Gasteiger partial charge >= 0.3 is 0 Å². The first-order valence-corrected chi connectivity index (χ1v) is 42.6. The van der Waals surface area contributed by atoms with E-state index in [4.69, 9.17) is 22.1 Å². The largest absolute Gasteiger partial charge is 0.437 e. The fraction of sp³-hybridized carbons (Fsp3) is 0.259. The Morgan fingerprint density at radius 3 is 0.846 bits per heavy atom. The Morgan fingerprint density at radius 2 is 0.512 bits per heavy atom. The second kappa shape index (κ2) is 32.9. The van der Waals surface area contributed by atoms with Gasteiger partial charge in [-0.05, 0) is 257 Å². The maximum atomic E-state index is 6.28. The van der Waals surface area contributed by atoms with Gasteiger partial charge in [-0.25, -0.2) is 47.8 Å². The predicted octanol–water partition coefficient (Wildman–Crippen LogP) is 24.9. The molecule has 123 heavy (non-hydrogen) atoms. The summed E-state index contributed by atoms with van der Waals surface area (Å²) in [5.41, 5.74) is 42.2. The lowest BCUT2D eigenvalue weighted by atomic mass is 9.96. The topological polar surface area (TPSA) is 150 Å². The van der Waals surface area contributed by atoms with Crippen LogP contribution in [0.15, 0.2) is 211 Å². The molecule has 618 valence electrons. The maximum Gasteiger partial charge on any atom is 0.227 e. The van der Waals surface area contributed by atoms with Crippen LogP contribution in [0.5, 0.6) is 0 Å². The molecule has 0 fully saturated rings. The van der Waals surface area contributed by atoms with Crippen molar-refractivity contribution in [3.8, 4) is 56.3 Å². The number of aryl methyl sites for hydroxylation is 22. The average Bonchev–Trinajstić information content (AvgIpc) is 1.63. The number of hydrogen-bond acceptors (Lipinski definition) is 10. The molecule has 0 atom stereocenters. The fourth-order valence-electron chi connectivity index (χ4n) is 17.6. The van der Waals surface area contributed by atoms with Gasteiger partial charge in [0.1, 0.15) is 35.2 Å². The minimum absolute atomic E-state index is 0.486. The summed E-state index contributed by atoms with van der Waals surface area (Å²) in [6.45, 7) is 44.6. The Balaban J connectivity index is 0.000000114. The summed E-state index contributed by atoms with van der Waals surface area (Å²) >= 11 is 0. The van der Waals surface area contributed by atoms with E-state index in [2.05, 4.69) is 352 Å². The van der Waals surface area contributed by atoms with Gasteiger partial charge in [-0.2, -0.15) is 0 Å². The lowest BCUT2D eigenvalue weighted by Crippen LogP contribution is -2.31. The molecule has 0 aliphatic carbocycles. The van der Waals surface area contributed by atoms with Gasteiger partial charge in [0.15, 0.2) is 58.9 Å². The van der Waals surface area contributed by atoms with Crippen molar-refractivity contribution in [1.82, 2.24) is 24.9 Å². The third kappa shape index (κ3) is 15.6. The molecule has 20 aromatic rings. The third-order valence-electron chi connectivity index (χ3n) is 24.6. The minimum Gasteiger partial charge on any atom is -0.437 e. The highest BCUT2D eigenvalue weighted by Crippen LogP contribution is 2.44. The second-order valence-corrected chi connectivity index (χ2v) is 34.8. The van der Waals surface area contributed by atoms with E-state index in [0.717, 1.165) is 150 Å². The number of benzene rings is 5. The van der Waals surface area contributed by atoms with Crippen molar-refractivity contribution in [2.45, 2.75) is 157 Å². The molecule has 0 amide bonds. The van der Waals surface area contributed by atoms with E-state index in [0.29, 0.717) is 29.0 Å². The number of pyridine rings is 10. The Hall–Kier alpha value is -13.4. The lowest BCUT2D eigenvalue weighted by Gasteiger charge is -2.09. The van der Waals surface area contributed by atoms with Gasteiger partial charge in [-0.3, -0.25) is 0 Å². The van der Waals surface area contributed by atoms with Crippen molar-refractivity contribution in [2.75, 3.05) is 0 Å². The number of aromatic nitrogens is 10. The molecule has 0 unspecified atom stereocenters. The Labute approximate surface area is 719 Å². The van der Waals surface area contributed by atoms with E-state index in [1.807, 2.05) is 65.0 Å². The second-order valence-electron chi connectivity index (χ2n) is 34.8. The molecule has 0 spiro atoms. The highest BCUT2D eigenvalue weighted by atomic mass is 16.4. The Kier molecular flexibility index (Phi) is 22.2. The van der Waals surface area contributed by atoms with Crippen molar-refractivity contribution >= 4 is 110 Å². The van der Waals surface area contributed by atoms with Crippen LogP contribution in [0.25, 0.3) is 167 Å². The van der Waals surface area contributed by atoms with Gasteiger partial charge in [0.2, 0.25) is 57.0 Å². The predicted molar refractivity (Wildman–Crippen MR) is 499 cm³/mol. The van der Waals surface area contributed by atoms with Gasteiger partial charge in [-0.15, -0.1) is 0 Å². The zero-order chi connectivity index (χ0) is 87.3. The molecular formula is C108H111N10O5+5. The highest BCUT2D eigenvalue weighted by Gasteiger charge is 2.29. The molecule has 5 aromatic carbocycles. The van der Waals surface area contributed by atoms with Crippen LogP contribution in [-0.4, -0.2) is 24.9 Å². The first-order valence-electron chi connectivity index (χ1n) is 42.6. The maximum absolute atomic E-state index is 6.28. The molecule has 20 rings (SSSR count). The van der Waals surface area contributed by atoms with Crippen LogP contribution in [-0.2, 0) is 35.2 Å². The summed E-state index contributed by atoms with van der Waals surface area (Å²) in [4.78, 5) is 22.9. The molecular weight excluding hydrogens is 1520 g/mol. The van der Waals surface area contributed by atoms with Crippen molar-refractivity contribution in [2.24, 2.45) is 35.2 Å². The summed E-state index contributed by atoms with van der Waals surface area (Å²) in [6.07, 6.45) is 10.8. The molecule has 0 aliphatic heterocycles. The summed E-state index contributed by atoms with van der Waals surface area (Å²) in [5, 5.41) is 11.1. The van der Waals surface area contributed by atoms with E-state index in [1.54, 1.807) is 0 Å². The van der Waals surface area contributed by atoms with Crippen molar-refractivity contribution in [1.29, 1.82) is 0 Å². The SMILES string of the molecule is Cc1ccc(-c2c(C)cc(C)c3c2oc2nc(C)ccc23)[n+](C)c1.Cc1ccc2c(n1)oc1c(-c3cc(C(C)C)cc[n+]3C)c(C)ccc12.Cc1ccc2c(n1)oc1c(-c3cc(C(C)C)cc[n+]3C)c(C)ccc12.Cc1ccc2c(n1)oc1c(-c3cc(C)c(C)c[n+]3C)c(C)cc(C)c12.Cc1ccc2c(n1)oc1c(-c3cc(C)c(C)c[n+]3C)c(C)ccc12. The fourth-order valence-corrected chi connectivity index (χ4v) is 17.6. The molecule has 0 radical (unpaired) electrons. The standard InChI is InChI=1S/3C22H23N2O.2C21H21N2O/c1-12-10-18(24(6)11-15(12)4)20-14(3)9-13(2)19-17-8-7-16(5)23-22(17)25-21(19)20;2*1-13(2)16-10-11-24(5)19(12-16)20-14(3)6-8-17-18-9-7-15(4)23-22(18)25-21(17)20;1-12-6-9-17(23(5)11-12)19-14(3)10-13(2)18-16-8-7-15(4)22-21(16)24-20(18)19;1-12-6-8-16-17-9-7-15(4)22-21(17)24-20(16)19(12)18-10-13(2)14(3)11-23(18)5/h7-11H,1-6H3;2*6-13H,1-5H3;2*6-11H,1-5H3/q5*+1. The number of furan rings is 5. The molecule has 15 heterocycles. The quantitative estimate of drug-likeness (QED) is 0.141. The van der Waals surface area contributed by atoms with Crippen LogP contribution in [0.1, 0.15) is 146 Å². The summed E-state index contributed by atoms with van der Waals surface area (Å²) in [7, 11) is 10.4. The Bertz CT molecular complexity index is 7490. The van der Waals surface area contributed by atoms with Gasteiger partial charge in [0.05, 0.1) is 27.8 Å². The number of nitrogens with zero attached hydrogens (tertiary/aromatic N) is 10. The van der Waals surface area contributed by atoms with Crippen molar-refractivity contribution in [3.63, 3.8) is 0 Å². The number of fused-ring (bicyclic) bond motifs is 15. The molecule has 15 nitrogen and oxygen atoms in total. The smallest absolute Gasteiger partial charge is 0.227 e. The van der Waals surface area contributed by atoms with Gasteiger partial charge < -0.3 is 22.1 Å². The van der Waals surface area contributed by atoms with E-state index in [1.165, 1.54) is 106 Å². The average molecular weight is 1630 g/mol. The minimum atomic E-state index is 0.486. The monoisotopic (exact) mass is 1630 g/mol. The molecule has 15 aromatic heterocycles. The van der Waals surface area contributed by atoms with Gasteiger partial charge in [-0.1, -0.05) is 76.2 Å². The molecule has 0 saturated heterocycles. The van der Waals surface area contributed by atoms with Crippen LogP contribution in [0, 0.1) is 118 Å². The van der Waals surface area contributed by atoms with Crippen LogP contribution >= 0.6 is 0 Å². The Morgan fingerprint density at radius 1 is 0.228 bits per heavy atom. The highest BCUT2D eigenvalue weighted by molar-refractivity contribution is 6.14. The molecule has 0 bridgehead atoms. The van der Waals surface area contributed by atoms with E-state index < -0.39 is 0 Å². The van der Waals surface area contributed by atoms with E-state index in [9.17, 15) is 0 Å². The third-order valence-corrected chi connectivity index (χ3v) is 24.6. The van der Waals surface area contributed by atoms with Gasteiger partial charge in [0.25, 0.3) is 0 Å². The molecule has 0 N–H and O–H groups in total.